The summed E-state index contributed by atoms with van der Waals surface area (Å²) in [4.78, 5) is 45.5. The van der Waals surface area contributed by atoms with Gasteiger partial charge in [-0.15, -0.1) is 0 Å². The number of imide groups is 1. The summed E-state index contributed by atoms with van der Waals surface area (Å²) in [6.45, 7) is -0.326. The van der Waals surface area contributed by atoms with E-state index in [1.54, 1.807) is 0 Å². The fourth-order valence-corrected chi connectivity index (χ4v) is 1.77. The van der Waals surface area contributed by atoms with Gasteiger partial charge in [0, 0.05) is 38.8 Å². The average Bonchev–Trinajstić information content (AvgIpc) is 2.72. The first-order chi connectivity index (χ1) is 9.35. The van der Waals surface area contributed by atoms with Crippen molar-refractivity contribution < 1.29 is 32.9 Å². The quantitative estimate of drug-likeness (QED) is 0.330. The van der Waals surface area contributed by atoms with Gasteiger partial charge >= 0.3 is 0 Å². The zero-order valence-electron chi connectivity index (χ0n) is 10.7. The highest BCUT2D eigenvalue weighted by atomic mass is 31.2. The molecule has 1 aliphatic rings. The Balaban J connectivity index is 2.17. The number of phosphoric ester groups is 1. The highest BCUT2D eigenvalue weighted by Crippen LogP contribution is 2.36. The number of hydrogen-bond donors (Lipinski definition) is 1. The van der Waals surface area contributed by atoms with Gasteiger partial charge < -0.3 is 19.3 Å². The van der Waals surface area contributed by atoms with E-state index in [1.165, 1.54) is 0 Å². The maximum Gasteiger partial charge on any atom is 0.267 e. The molecule has 1 aliphatic heterocycles. The van der Waals surface area contributed by atoms with E-state index < -0.39 is 25.5 Å². The number of amides is 3. The van der Waals surface area contributed by atoms with Crippen LogP contribution in [-0.2, 0) is 28.0 Å². The normalized spacial score (nSPS) is 17.4. The Kier molecular flexibility index (Phi) is 6.03. The van der Waals surface area contributed by atoms with Gasteiger partial charge in [0.25, 0.3) is 19.6 Å². The van der Waals surface area contributed by atoms with Gasteiger partial charge in [-0.05, 0) is 0 Å². The molecule has 1 N–H and O–H groups in total. The second-order valence-electron chi connectivity index (χ2n) is 3.72. The molecule has 0 aromatic carbocycles. The Morgan fingerprint density at radius 1 is 1.40 bits per heavy atom. The fraction of sp³-hybridized carbons (Fsp3) is 0.500. The first-order valence-electron chi connectivity index (χ1n) is 5.67. The molecule has 0 aromatic rings. The molecule has 0 aliphatic carbocycles. The minimum absolute atomic E-state index is 0.0323. The van der Waals surface area contributed by atoms with Gasteiger partial charge in [-0.1, -0.05) is 0 Å². The zero-order valence-corrected chi connectivity index (χ0v) is 11.6. The van der Waals surface area contributed by atoms with Crippen molar-refractivity contribution in [1.29, 1.82) is 0 Å². The summed E-state index contributed by atoms with van der Waals surface area (Å²) >= 11 is 0. The van der Waals surface area contributed by atoms with Crippen molar-refractivity contribution in [3.8, 4) is 0 Å². The SMILES string of the molecule is COP(=O)([O-])OCCNC(=O)CCN1C(=O)C=CC1=O. The number of hydrogen-bond acceptors (Lipinski definition) is 7. The predicted molar refractivity (Wildman–Crippen MR) is 64.1 cm³/mol. The molecule has 1 heterocycles. The molecule has 0 radical (unpaired) electrons. The van der Waals surface area contributed by atoms with E-state index in [0.717, 1.165) is 24.2 Å². The molecule has 9 nitrogen and oxygen atoms in total. The van der Waals surface area contributed by atoms with Crippen LogP contribution in [0, 0.1) is 0 Å². The second kappa shape index (κ2) is 7.30. The molecule has 0 bridgehead atoms. The van der Waals surface area contributed by atoms with Crippen molar-refractivity contribution in [2.24, 2.45) is 0 Å². The van der Waals surface area contributed by atoms with Crippen LogP contribution in [0.4, 0.5) is 0 Å². The molecule has 1 atom stereocenters. The molecule has 0 aromatic heterocycles. The Bertz CT molecular complexity index is 458. The molecular formula is C10H14N2O7P-. The lowest BCUT2D eigenvalue weighted by Crippen LogP contribution is -2.35. The van der Waals surface area contributed by atoms with Gasteiger partial charge in [0.15, 0.2) is 0 Å². The lowest BCUT2D eigenvalue weighted by molar-refractivity contribution is -0.222. The van der Waals surface area contributed by atoms with Gasteiger partial charge in [-0.25, -0.2) is 0 Å². The van der Waals surface area contributed by atoms with Crippen LogP contribution in [0.2, 0.25) is 0 Å². The summed E-state index contributed by atoms with van der Waals surface area (Å²) in [5.41, 5.74) is 0. The molecule has 1 rings (SSSR count). The van der Waals surface area contributed by atoms with Crippen LogP contribution in [0.15, 0.2) is 12.2 Å². The zero-order chi connectivity index (χ0) is 15.2. The van der Waals surface area contributed by atoms with Crippen molar-refractivity contribution in [3.63, 3.8) is 0 Å². The molecule has 0 spiro atoms. The van der Waals surface area contributed by atoms with E-state index in [1.807, 2.05) is 0 Å². The summed E-state index contributed by atoms with van der Waals surface area (Å²) < 4.78 is 19.2. The van der Waals surface area contributed by atoms with Gasteiger partial charge in [-0.2, -0.15) is 0 Å². The molecule has 3 amide bonds. The van der Waals surface area contributed by atoms with Crippen LogP contribution in [0.25, 0.3) is 0 Å². The van der Waals surface area contributed by atoms with Gasteiger partial charge in [0.05, 0.1) is 6.61 Å². The van der Waals surface area contributed by atoms with E-state index in [4.69, 9.17) is 0 Å². The Morgan fingerprint density at radius 3 is 2.55 bits per heavy atom. The topological polar surface area (TPSA) is 125 Å². The summed E-state index contributed by atoms with van der Waals surface area (Å²) in [5.74, 6) is -1.35. The van der Waals surface area contributed by atoms with Crippen molar-refractivity contribution in [3.05, 3.63) is 12.2 Å². The summed E-state index contributed by atoms with van der Waals surface area (Å²) in [6.07, 6.45) is 2.19. The first kappa shape index (κ1) is 16.5. The van der Waals surface area contributed by atoms with E-state index >= 15 is 0 Å². The Labute approximate surface area is 115 Å². The molecular weight excluding hydrogens is 291 g/mol. The minimum atomic E-state index is -4.29. The van der Waals surface area contributed by atoms with Crippen LogP contribution in [-0.4, -0.2) is 49.4 Å². The maximum atomic E-state index is 11.4. The molecule has 1 unspecified atom stereocenters. The number of phosphoric acid groups is 1. The second-order valence-corrected chi connectivity index (χ2v) is 5.24. The van der Waals surface area contributed by atoms with Crippen LogP contribution < -0.4 is 10.2 Å². The summed E-state index contributed by atoms with van der Waals surface area (Å²) in [7, 11) is -3.33. The van der Waals surface area contributed by atoms with E-state index in [2.05, 4.69) is 14.4 Å². The highest BCUT2D eigenvalue weighted by Gasteiger charge is 2.23. The molecule has 20 heavy (non-hydrogen) atoms. The third-order valence-electron chi connectivity index (χ3n) is 2.36. The third-order valence-corrected chi connectivity index (χ3v) is 3.31. The van der Waals surface area contributed by atoms with E-state index in [0.29, 0.717) is 0 Å². The minimum Gasteiger partial charge on any atom is -0.756 e. The van der Waals surface area contributed by atoms with Crippen molar-refractivity contribution in [2.45, 2.75) is 6.42 Å². The standard InChI is InChI=1S/C10H15N2O7P/c1-18-20(16,17)19-7-5-11-8(13)4-6-12-9(14)2-3-10(12)15/h2-3H,4-7H2,1H3,(H,11,13)(H,16,17)/p-1. The van der Waals surface area contributed by atoms with Crippen molar-refractivity contribution in [2.75, 3.05) is 26.8 Å². The lowest BCUT2D eigenvalue weighted by Gasteiger charge is -2.20. The van der Waals surface area contributed by atoms with Crippen molar-refractivity contribution >= 4 is 25.5 Å². The van der Waals surface area contributed by atoms with Gasteiger partial charge in [-0.3, -0.25) is 23.8 Å². The highest BCUT2D eigenvalue weighted by molar-refractivity contribution is 7.45. The van der Waals surface area contributed by atoms with Crippen LogP contribution in [0.5, 0.6) is 0 Å². The predicted octanol–water partition coefficient (Wildman–Crippen LogP) is -1.45. The van der Waals surface area contributed by atoms with Gasteiger partial charge in [0.2, 0.25) is 5.91 Å². The maximum absolute atomic E-state index is 11.4. The van der Waals surface area contributed by atoms with Gasteiger partial charge in [0.1, 0.15) is 0 Å². The van der Waals surface area contributed by atoms with Crippen LogP contribution >= 0.6 is 7.82 Å². The number of carbonyl (C=O) groups excluding carboxylic acids is 3. The van der Waals surface area contributed by atoms with E-state index in [-0.39, 0.29) is 26.1 Å². The smallest absolute Gasteiger partial charge is 0.267 e. The summed E-state index contributed by atoms with van der Waals surface area (Å²) in [5, 5.41) is 2.38. The number of rotatable bonds is 8. The van der Waals surface area contributed by atoms with Crippen LogP contribution in [0.1, 0.15) is 6.42 Å². The lowest BCUT2D eigenvalue weighted by atomic mass is 10.3. The Morgan fingerprint density at radius 2 is 2.00 bits per heavy atom. The number of carbonyl (C=O) groups is 3. The first-order valence-corrected chi connectivity index (χ1v) is 7.13. The fourth-order valence-electron chi connectivity index (χ4n) is 1.35. The Hall–Kier alpha value is -1.54. The number of nitrogens with one attached hydrogen (secondary N) is 1. The summed E-state index contributed by atoms with van der Waals surface area (Å²) in [6, 6.07) is 0. The molecule has 10 heteroatoms. The largest absolute Gasteiger partial charge is 0.756 e. The monoisotopic (exact) mass is 305 g/mol. The van der Waals surface area contributed by atoms with Crippen LogP contribution in [0.3, 0.4) is 0 Å². The molecule has 0 fully saturated rings. The molecule has 0 saturated carbocycles. The average molecular weight is 305 g/mol. The molecule has 0 saturated heterocycles. The number of nitrogens with zero attached hydrogens (tertiary/aromatic N) is 1. The van der Waals surface area contributed by atoms with E-state index in [9.17, 15) is 23.8 Å². The molecule has 112 valence electrons. The van der Waals surface area contributed by atoms with Crippen molar-refractivity contribution in [1.82, 2.24) is 10.2 Å². The third kappa shape index (κ3) is 5.22.